The van der Waals surface area contributed by atoms with Crippen LogP contribution in [0.2, 0.25) is 0 Å². The van der Waals surface area contributed by atoms with Crippen molar-refractivity contribution < 1.29 is 9.53 Å². The Morgan fingerprint density at radius 2 is 1.96 bits per heavy atom. The van der Waals surface area contributed by atoms with Crippen molar-refractivity contribution >= 4 is 28.3 Å². The van der Waals surface area contributed by atoms with E-state index in [0.29, 0.717) is 18.9 Å². The number of nitrogens with one attached hydrogen (secondary N) is 2. The fourth-order valence-corrected chi connectivity index (χ4v) is 3.97. The summed E-state index contributed by atoms with van der Waals surface area (Å²) >= 11 is 0. The Hall–Kier alpha value is -2.93. The molecule has 0 unspecified atom stereocenters. The molecular weight excluding hydrogens is 354 g/mol. The molecule has 0 bridgehead atoms. The molecule has 144 valence electrons. The lowest BCUT2D eigenvalue weighted by Gasteiger charge is -2.39. The average Bonchev–Trinajstić information content (AvgIpc) is 3.16. The minimum Gasteiger partial charge on any atom is -0.378 e. The topological polar surface area (TPSA) is 83.1 Å². The molecule has 0 atom stereocenters. The van der Waals surface area contributed by atoms with Gasteiger partial charge in [-0.1, -0.05) is 0 Å². The van der Waals surface area contributed by atoms with E-state index in [1.807, 2.05) is 30.6 Å². The lowest BCUT2D eigenvalue weighted by molar-refractivity contribution is -0.140. The zero-order chi connectivity index (χ0) is 19.0. The second-order valence-electron chi connectivity index (χ2n) is 7.62. The highest BCUT2D eigenvalue weighted by Gasteiger charge is 2.49. The molecule has 0 saturated carbocycles. The minimum absolute atomic E-state index is 0.103. The molecule has 7 nitrogen and oxygen atoms in total. The predicted octanol–water partition coefficient (Wildman–Crippen LogP) is 2.85. The summed E-state index contributed by atoms with van der Waals surface area (Å²) in [5.41, 5.74) is 2.62. The van der Waals surface area contributed by atoms with Crippen molar-refractivity contribution in [2.45, 2.75) is 24.7 Å². The van der Waals surface area contributed by atoms with E-state index in [2.05, 4.69) is 31.2 Å². The number of aromatic nitrogens is 3. The third-order valence-electron chi connectivity index (χ3n) is 5.75. The number of rotatable bonds is 4. The van der Waals surface area contributed by atoms with Crippen LogP contribution >= 0.6 is 0 Å². The van der Waals surface area contributed by atoms with Crippen molar-refractivity contribution in [3.8, 4) is 0 Å². The van der Waals surface area contributed by atoms with E-state index in [1.54, 1.807) is 6.20 Å². The van der Waals surface area contributed by atoms with Crippen LogP contribution in [0.5, 0.6) is 0 Å². The fraction of sp³-hybridized carbons (Fsp3) is 0.381. The molecule has 3 aromatic rings. The molecule has 3 aromatic heterocycles. The van der Waals surface area contributed by atoms with Crippen LogP contribution in [0.4, 0.5) is 11.4 Å². The van der Waals surface area contributed by atoms with Crippen LogP contribution in [-0.2, 0) is 14.9 Å². The Morgan fingerprint density at radius 1 is 1.11 bits per heavy atom. The van der Waals surface area contributed by atoms with Gasteiger partial charge in [-0.2, -0.15) is 0 Å². The highest BCUT2D eigenvalue weighted by Crippen LogP contribution is 2.34. The number of hydrogen-bond acceptors (Lipinski definition) is 5. The number of carbonyl (C=O) groups excluding carboxylic acids is 1. The maximum Gasteiger partial charge on any atom is 0.241 e. The summed E-state index contributed by atoms with van der Waals surface area (Å²) in [5.74, 6) is -0.103. The Labute approximate surface area is 163 Å². The van der Waals surface area contributed by atoms with E-state index in [9.17, 15) is 4.79 Å². The summed E-state index contributed by atoms with van der Waals surface area (Å²) in [7, 11) is 0. The van der Waals surface area contributed by atoms with E-state index in [-0.39, 0.29) is 5.91 Å². The van der Waals surface area contributed by atoms with E-state index < -0.39 is 5.41 Å². The van der Waals surface area contributed by atoms with Crippen molar-refractivity contribution in [2.75, 3.05) is 36.5 Å². The molecule has 2 aliphatic rings. The number of pyridine rings is 2. The summed E-state index contributed by atoms with van der Waals surface area (Å²) in [5, 5.41) is 3.96. The van der Waals surface area contributed by atoms with Gasteiger partial charge in [-0.15, -0.1) is 0 Å². The first-order chi connectivity index (χ1) is 13.7. The van der Waals surface area contributed by atoms with Gasteiger partial charge in [-0.3, -0.25) is 9.78 Å². The largest absolute Gasteiger partial charge is 0.378 e. The van der Waals surface area contributed by atoms with Crippen LogP contribution in [0.1, 0.15) is 25.0 Å². The molecule has 2 fully saturated rings. The fourth-order valence-electron chi connectivity index (χ4n) is 3.97. The van der Waals surface area contributed by atoms with Gasteiger partial charge in [-0.25, -0.2) is 4.98 Å². The summed E-state index contributed by atoms with van der Waals surface area (Å²) in [4.78, 5) is 27.5. The highest BCUT2D eigenvalue weighted by atomic mass is 16.5. The normalized spacial score (nSPS) is 18.6. The molecule has 0 spiro atoms. The Bertz CT molecular complexity index is 987. The Balaban J connectivity index is 1.36. The number of nitrogens with zero attached hydrogens (tertiary/aromatic N) is 3. The van der Waals surface area contributed by atoms with Crippen LogP contribution < -0.4 is 10.2 Å². The number of aromatic amines is 1. The van der Waals surface area contributed by atoms with Gasteiger partial charge in [0.15, 0.2) is 0 Å². The van der Waals surface area contributed by atoms with Gasteiger partial charge in [0, 0.05) is 24.7 Å². The predicted molar refractivity (Wildman–Crippen MR) is 108 cm³/mol. The van der Waals surface area contributed by atoms with E-state index in [0.717, 1.165) is 35.5 Å². The van der Waals surface area contributed by atoms with Crippen LogP contribution in [0.25, 0.3) is 11.0 Å². The van der Waals surface area contributed by atoms with E-state index in [4.69, 9.17) is 4.74 Å². The third-order valence-corrected chi connectivity index (χ3v) is 5.75. The Morgan fingerprint density at radius 3 is 2.68 bits per heavy atom. The second kappa shape index (κ2) is 6.91. The van der Waals surface area contributed by atoms with Crippen LogP contribution in [-0.4, -0.2) is 47.2 Å². The zero-order valence-electron chi connectivity index (χ0n) is 15.6. The smallest absolute Gasteiger partial charge is 0.241 e. The molecule has 2 aliphatic heterocycles. The molecule has 0 aliphatic carbocycles. The SMILES string of the molecule is O=C(Nc1cnc2[nH]ccc2c1)C1(c2ccc(N3CCCCC3)cn2)COC1. The molecule has 5 heterocycles. The molecule has 0 aromatic carbocycles. The zero-order valence-corrected chi connectivity index (χ0v) is 15.6. The molecular formula is C21H23N5O2. The number of H-pyrrole nitrogens is 1. The van der Waals surface area contributed by atoms with Gasteiger partial charge in [0.25, 0.3) is 0 Å². The molecule has 2 saturated heterocycles. The lowest BCUT2D eigenvalue weighted by Crippen LogP contribution is -2.56. The van der Waals surface area contributed by atoms with Gasteiger partial charge in [-0.05, 0) is 43.5 Å². The number of piperidine rings is 1. The lowest BCUT2D eigenvalue weighted by atomic mass is 9.80. The van der Waals surface area contributed by atoms with Crippen molar-refractivity contribution in [3.05, 3.63) is 48.5 Å². The van der Waals surface area contributed by atoms with E-state index in [1.165, 1.54) is 19.3 Å². The summed E-state index contributed by atoms with van der Waals surface area (Å²) in [6.07, 6.45) is 9.13. The van der Waals surface area contributed by atoms with Crippen LogP contribution in [0.15, 0.2) is 42.9 Å². The van der Waals surface area contributed by atoms with Crippen molar-refractivity contribution in [1.82, 2.24) is 15.0 Å². The number of anilines is 2. The van der Waals surface area contributed by atoms with E-state index >= 15 is 0 Å². The summed E-state index contributed by atoms with van der Waals surface area (Å²) in [6, 6.07) is 7.89. The van der Waals surface area contributed by atoms with Gasteiger partial charge in [0.05, 0.1) is 42.7 Å². The molecule has 28 heavy (non-hydrogen) atoms. The highest BCUT2D eigenvalue weighted by molar-refractivity contribution is 6.00. The summed E-state index contributed by atoms with van der Waals surface area (Å²) < 4.78 is 5.42. The van der Waals surface area contributed by atoms with Crippen molar-refractivity contribution in [2.24, 2.45) is 0 Å². The first-order valence-electron chi connectivity index (χ1n) is 9.78. The van der Waals surface area contributed by atoms with Gasteiger partial charge >= 0.3 is 0 Å². The minimum atomic E-state index is -0.743. The van der Waals surface area contributed by atoms with Crippen molar-refractivity contribution in [3.63, 3.8) is 0 Å². The second-order valence-corrected chi connectivity index (χ2v) is 7.62. The van der Waals surface area contributed by atoms with Gasteiger partial charge in [0.2, 0.25) is 5.91 Å². The molecule has 0 radical (unpaired) electrons. The number of hydrogen-bond donors (Lipinski definition) is 2. The first-order valence-corrected chi connectivity index (χ1v) is 9.78. The van der Waals surface area contributed by atoms with Gasteiger partial charge in [0.1, 0.15) is 11.1 Å². The first kappa shape index (κ1) is 17.2. The molecule has 7 heteroatoms. The number of carbonyl (C=O) groups is 1. The summed E-state index contributed by atoms with van der Waals surface area (Å²) in [6.45, 7) is 2.83. The quantitative estimate of drug-likeness (QED) is 0.731. The number of amides is 1. The molecule has 5 rings (SSSR count). The maximum atomic E-state index is 13.1. The number of fused-ring (bicyclic) bond motifs is 1. The standard InChI is InChI=1S/C21H23N5O2/c27-20(25-16-10-15-6-7-22-19(15)24-11-16)21(13-28-14-21)18-5-4-17(12-23-18)26-8-2-1-3-9-26/h4-7,10-12H,1-3,8-9,13-14H2,(H,22,24)(H,25,27). The van der Waals surface area contributed by atoms with Crippen molar-refractivity contribution in [1.29, 1.82) is 0 Å². The Kier molecular flexibility index (Phi) is 4.24. The van der Waals surface area contributed by atoms with Crippen LogP contribution in [0.3, 0.4) is 0 Å². The third kappa shape index (κ3) is 2.92. The monoisotopic (exact) mass is 377 g/mol. The van der Waals surface area contributed by atoms with Gasteiger partial charge < -0.3 is 19.9 Å². The molecule has 2 N–H and O–H groups in total. The maximum absolute atomic E-state index is 13.1. The average molecular weight is 377 g/mol. The van der Waals surface area contributed by atoms with Crippen LogP contribution in [0, 0.1) is 0 Å². The molecule has 1 amide bonds. The number of ether oxygens (including phenoxy) is 1.